The number of benzene rings is 1. The third-order valence-corrected chi connectivity index (χ3v) is 3.48. The molecule has 0 amide bonds. The molecule has 0 spiro atoms. The predicted molar refractivity (Wildman–Crippen MR) is 68.3 cm³/mol. The molecule has 0 radical (unpaired) electrons. The molecule has 1 aliphatic rings. The Morgan fingerprint density at radius 2 is 2.06 bits per heavy atom. The molecule has 2 nitrogen and oxygen atoms in total. The fourth-order valence-electron chi connectivity index (χ4n) is 2.75. The average molecular weight is 218 g/mol. The van der Waals surface area contributed by atoms with E-state index in [1.165, 1.54) is 11.1 Å². The van der Waals surface area contributed by atoms with Crippen molar-refractivity contribution in [1.29, 1.82) is 0 Å². The van der Waals surface area contributed by atoms with Crippen LogP contribution in [0.1, 0.15) is 31.0 Å². The molecular weight excluding hydrogens is 196 g/mol. The third-order valence-electron chi connectivity index (χ3n) is 3.48. The van der Waals surface area contributed by atoms with Crippen LogP contribution in [-0.2, 0) is 6.42 Å². The van der Waals surface area contributed by atoms with Gasteiger partial charge in [0.05, 0.1) is 0 Å². The molecule has 0 bridgehead atoms. The Morgan fingerprint density at radius 1 is 1.38 bits per heavy atom. The van der Waals surface area contributed by atoms with Crippen molar-refractivity contribution in [2.24, 2.45) is 11.7 Å². The lowest BCUT2D eigenvalue weighted by Gasteiger charge is -2.29. The Kier molecular flexibility index (Phi) is 3.31. The molecule has 0 aliphatic heterocycles. The molecule has 1 aromatic rings. The molecule has 2 atom stereocenters. The highest BCUT2D eigenvalue weighted by molar-refractivity contribution is 5.36. The minimum Gasteiger partial charge on any atom is -0.323 e. The van der Waals surface area contributed by atoms with E-state index in [9.17, 15) is 0 Å². The lowest BCUT2D eigenvalue weighted by atomic mass is 10.1. The summed E-state index contributed by atoms with van der Waals surface area (Å²) in [6, 6.07) is 9.22. The second-order valence-corrected chi connectivity index (χ2v) is 5.33. The van der Waals surface area contributed by atoms with Crippen LogP contribution in [0.3, 0.4) is 0 Å². The zero-order chi connectivity index (χ0) is 11.7. The van der Waals surface area contributed by atoms with E-state index in [0.29, 0.717) is 12.0 Å². The number of nitrogens with zero attached hydrogens (tertiary/aromatic N) is 1. The highest BCUT2D eigenvalue weighted by Crippen LogP contribution is 2.32. The van der Waals surface area contributed by atoms with Crippen LogP contribution in [0.4, 0.5) is 0 Å². The van der Waals surface area contributed by atoms with Gasteiger partial charge < -0.3 is 10.6 Å². The van der Waals surface area contributed by atoms with Crippen LogP contribution >= 0.6 is 0 Å². The first kappa shape index (κ1) is 11.6. The minimum atomic E-state index is 0.181. The molecule has 0 saturated carbocycles. The van der Waals surface area contributed by atoms with Crippen LogP contribution in [0, 0.1) is 5.92 Å². The minimum absolute atomic E-state index is 0.181. The van der Waals surface area contributed by atoms with Gasteiger partial charge in [0.25, 0.3) is 0 Å². The molecule has 0 heterocycles. The molecule has 1 aromatic carbocycles. The van der Waals surface area contributed by atoms with Gasteiger partial charge in [0, 0.05) is 18.6 Å². The molecule has 1 aliphatic carbocycles. The maximum absolute atomic E-state index is 6.33. The molecule has 16 heavy (non-hydrogen) atoms. The molecule has 2 heteroatoms. The van der Waals surface area contributed by atoms with E-state index in [2.05, 4.69) is 50.1 Å². The van der Waals surface area contributed by atoms with E-state index in [0.717, 1.165) is 13.0 Å². The SMILES string of the molecule is CC(C)CN(C)C1Cc2ccccc2C1N. The standard InChI is InChI=1S/C14H22N2/c1-10(2)9-16(3)13-8-11-6-4-5-7-12(11)14(13)15/h4-7,10,13-14H,8-9,15H2,1-3H3. The number of likely N-dealkylation sites (N-methyl/N-ethyl adjacent to an activating group) is 1. The highest BCUT2D eigenvalue weighted by Gasteiger charge is 2.31. The van der Waals surface area contributed by atoms with Crippen molar-refractivity contribution in [3.63, 3.8) is 0 Å². The number of hydrogen-bond acceptors (Lipinski definition) is 2. The van der Waals surface area contributed by atoms with Crippen LogP contribution in [0.15, 0.2) is 24.3 Å². The maximum Gasteiger partial charge on any atom is 0.0459 e. The normalized spacial score (nSPS) is 24.1. The molecule has 0 aromatic heterocycles. The molecule has 2 rings (SSSR count). The Hall–Kier alpha value is -0.860. The summed E-state index contributed by atoms with van der Waals surface area (Å²) >= 11 is 0. The number of fused-ring (bicyclic) bond motifs is 1. The first-order chi connectivity index (χ1) is 7.59. The van der Waals surface area contributed by atoms with Crippen molar-refractivity contribution in [2.75, 3.05) is 13.6 Å². The fraction of sp³-hybridized carbons (Fsp3) is 0.571. The van der Waals surface area contributed by atoms with E-state index in [1.54, 1.807) is 0 Å². The van der Waals surface area contributed by atoms with Crippen molar-refractivity contribution in [1.82, 2.24) is 4.90 Å². The van der Waals surface area contributed by atoms with E-state index in [-0.39, 0.29) is 6.04 Å². The zero-order valence-corrected chi connectivity index (χ0v) is 10.5. The third kappa shape index (κ3) is 2.13. The smallest absolute Gasteiger partial charge is 0.0459 e. The Balaban J connectivity index is 2.12. The quantitative estimate of drug-likeness (QED) is 0.842. The molecule has 88 valence electrons. The summed E-state index contributed by atoms with van der Waals surface area (Å²) in [5, 5.41) is 0. The van der Waals surface area contributed by atoms with E-state index >= 15 is 0 Å². The van der Waals surface area contributed by atoms with Crippen LogP contribution in [-0.4, -0.2) is 24.5 Å². The van der Waals surface area contributed by atoms with Gasteiger partial charge in [0.2, 0.25) is 0 Å². The summed E-state index contributed by atoms with van der Waals surface area (Å²) < 4.78 is 0. The van der Waals surface area contributed by atoms with Crippen LogP contribution in [0.2, 0.25) is 0 Å². The second-order valence-electron chi connectivity index (χ2n) is 5.33. The number of rotatable bonds is 3. The van der Waals surface area contributed by atoms with Crippen molar-refractivity contribution >= 4 is 0 Å². The summed E-state index contributed by atoms with van der Waals surface area (Å²) in [6.07, 6.45) is 1.10. The van der Waals surface area contributed by atoms with E-state index in [1.807, 2.05) is 0 Å². The van der Waals surface area contributed by atoms with Gasteiger partial charge in [-0.05, 0) is 30.5 Å². The summed E-state index contributed by atoms with van der Waals surface area (Å²) in [7, 11) is 2.19. The van der Waals surface area contributed by atoms with Gasteiger partial charge in [0.15, 0.2) is 0 Å². The number of nitrogens with two attached hydrogens (primary N) is 1. The monoisotopic (exact) mass is 218 g/mol. The van der Waals surface area contributed by atoms with Gasteiger partial charge in [-0.3, -0.25) is 0 Å². The van der Waals surface area contributed by atoms with E-state index < -0.39 is 0 Å². The highest BCUT2D eigenvalue weighted by atomic mass is 15.2. The van der Waals surface area contributed by atoms with Gasteiger partial charge in [0.1, 0.15) is 0 Å². The lowest BCUT2D eigenvalue weighted by molar-refractivity contribution is 0.200. The largest absolute Gasteiger partial charge is 0.323 e. The van der Waals surface area contributed by atoms with E-state index in [4.69, 9.17) is 5.73 Å². The van der Waals surface area contributed by atoms with Gasteiger partial charge in [-0.2, -0.15) is 0 Å². The predicted octanol–water partition coefficient (Wildman–Crippen LogP) is 2.20. The molecule has 2 unspecified atom stereocenters. The van der Waals surface area contributed by atoms with Crippen LogP contribution < -0.4 is 5.73 Å². The van der Waals surface area contributed by atoms with Crippen molar-refractivity contribution < 1.29 is 0 Å². The molecule has 0 fully saturated rings. The second kappa shape index (κ2) is 4.56. The van der Waals surface area contributed by atoms with Crippen molar-refractivity contribution in [3.05, 3.63) is 35.4 Å². The average Bonchev–Trinajstić information content (AvgIpc) is 2.56. The summed E-state index contributed by atoms with van der Waals surface area (Å²) in [5.41, 5.74) is 9.09. The van der Waals surface area contributed by atoms with Gasteiger partial charge >= 0.3 is 0 Å². The first-order valence-electron chi connectivity index (χ1n) is 6.13. The first-order valence-corrected chi connectivity index (χ1v) is 6.13. The Labute approximate surface area is 98.4 Å². The van der Waals surface area contributed by atoms with Crippen molar-refractivity contribution in [2.45, 2.75) is 32.4 Å². The van der Waals surface area contributed by atoms with Crippen molar-refractivity contribution in [3.8, 4) is 0 Å². The maximum atomic E-state index is 6.33. The topological polar surface area (TPSA) is 29.3 Å². The summed E-state index contributed by atoms with van der Waals surface area (Å²) in [4.78, 5) is 2.41. The fourth-order valence-corrected chi connectivity index (χ4v) is 2.75. The van der Waals surface area contributed by atoms with Gasteiger partial charge in [-0.1, -0.05) is 38.1 Å². The van der Waals surface area contributed by atoms with Crippen LogP contribution in [0.25, 0.3) is 0 Å². The Morgan fingerprint density at radius 3 is 2.69 bits per heavy atom. The number of hydrogen-bond donors (Lipinski definition) is 1. The summed E-state index contributed by atoms with van der Waals surface area (Å²) in [5.74, 6) is 0.695. The zero-order valence-electron chi connectivity index (χ0n) is 10.5. The summed E-state index contributed by atoms with van der Waals surface area (Å²) in [6.45, 7) is 5.63. The lowest BCUT2D eigenvalue weighted by Crippen LogP contribution is -2.40. The molecular formula is C14H22N2. The molecule has 2 N–H and O–H groups in total. The van der Waals surface area contributed by atoms with Gasteiger partial charge in [-0.25, -0.2) is 0 Å². The Bertz CT molecular complexity index is 360. The van der Waals surface area contributed by atoms with Gasteiger partial charge in [-0.15, -0.1) is 0 Å². The molecule has 0 saturated heterocycles. The van der Waals surface area contributed by atoms with Crippen LogP contribution in [0.5, 0.6) is 0 Å².